The lowest BCUT2D eigenvalue weighted by Crippen LogP contribution is -2.36. The Labute approximate surface area is 126 Å². The predicted octanol–water partition coefficient (Wildman–Crippen LogP) is -0.0227. The average Bonchev–Trinajstić information content (AvgIpc) is 2.91. The molecule has 8 heteroatoms. The van der Waals surface area contributed by atoms with Gasteiger partial charge in [0, 0.05) is 13.1 Å². The van der Waals surface area contributed by atoms with E-state index in [1.165, 1.54) is 4.57 Å². The van der Waals surface area contributed by atoms with Gasteiger partial charge in [-0.15, -0.1) is 0 Å². The highest BCUT2D eigenvalue weighted by Crippen LogP contribution is 2.15. The number of nitrogens with one attached hydrogen (secondary N) is 1. The third-order valence-electron chi connectivity index (χ3n) is 3.82. The smallest absolute Gasteiger partial charge is 0.408 e. The molecule has 1 unspecified atom stereocenters. The molecule has 1 aliphatic heterocycles. The average molecular weight is 324 g/mol. The molecule has 1 N–H and O–H groups in total. The number of carbonyl (C=O) groups excluding carboxylic acids is 1. The lowest BCUT2D eigenvalue weighted by molar-refractivity contribution is -0.120. The van der Waals surface area contributed by atoms with Gasteiger partial charge < -0.3 is 9.73 Å². The zero-order valence-electron chi connectivity index (χ0n) is 12.0. The number of aryl methyl sites for hydroxylation is 1. The van der Waals surface area contributed by atoms with Gasteiger partial charge >= 0.3 is 5.76 Å². The van der Waals surface area contributed by atoms with Crippen LogP contribution < -0.4 is 11.1 Å². The number of benzene rings is 1. The maximum atomic E-state index is 12.0. The SMILES string of the molecule is Cn1c(=O)oc2ccc(CC(=O)NC3CCS(=O)(=O)C3)cc21. The molecule has 0 aliphatic carbocycles. The zero-order valence-corrected chi connectivity index (χ0v) is 12.9. The van der Waals surface area contributed by atoms with Crippen LogP contribution in [0.25, 0.3) is 11.1 Å². The van der Waals surface area contributed by atoms with Crippen molar-refractivity contribution in [1.29, 1.82) is 0 Å². The third kappa shape index (κ3) is 2.92. The van der Waals surface area contributed by atoms with Gasteiger partial charge in [0.15, 0.2) is 15.4 Å². The van der Waals surface area contributed by atoms with Crippen molar-refractivity contribution in [3.8, 4) is 0 Å². The first-order valence-electron chi connectivity index (χ1n) is 6.92. The van der Waals surface area contributed by atoms with Gasteiger partial charge in [0.25, 0.3) is 0 Å². The highest BCUT2D eigenvalue weighted by Gasteiger charge is 2.28. The summed E-state index contributed by atoms with van der Waals surface area (Å²) >= 11 is 0. The zero-order chi connectivity index (χ0) is 15.9. The summed E-state index contributed by atoms with van der Waals surface area (Å²) in [5.74, 6) is -0.544. The van der Waals surface area contributed by atoms with Crippen molar-refractivity contribution >= 4 is 26.8 Å². The van der Waals surface area contributed by atoms with Gasteiger partial charge in [0.05, 0.1) is 23.4 Å². The molecule has 1 fully saturated rings. The number of rotatable bonds is 3. The summed E-state index contributed by atoms with van der Waals surface area (Å²) in [4.78, 5) is 23.4. The van der Waals surface area contributed by atoms with Crippen LogP contribution in [0.1, 0.15) is 12.0 Å². The molecule has 1 amide bonds. The molecule has 22 heavy (non-hydrogen) atoms. The number of hydrogen-bond acceptors (Lipinski definition) is 5. The molecule has 1 aliphatic rings. The highest BCUT2D eigenvalue weighted by molar-refractivity contribution is 7.91. The summed E-state index contributed by atoms with van der Waals surface area (Å²) in [6.45, 7) is 0. The van der Waals surface area contributed by atoms with E-state index in [-0.39, 0.29) is 29.9 Å². The second kappa shape index (κ2) is 5.28. The second-order valence-electron chi connectivity index (χ2n) is 5.57. The Hall–Kier alpha value is -2.09. The van der Waals surface area contributed by atoms with Gasteiger partial charge in [-0.1, -0.05) is 6.07 Å². The minimum Gasteiger partial charge on any atom is -0.408 e. The predicted molar refractivity (Wildman–Crippen MR) is 80.4 cm³/mol. The Balaban J connectivity index is 1.71. The maximum absolute atomic E-state index is 12.0. The normalized spacial score (nSPS) is 20.3. The van der Waals surface area contributed by atoms with E-state index < -0.39 is 15.6 Å². The first kappa shape index (κ1) is 14.8. The molecule has 3 rings (SSSR count). The molecule has 0 saturated carbocycles. The second-order valence-corrected chi connectivity index (χ2v) is 7.80. The van der Waals surface area contributed by atoms with Crippen molar-refractivity contribution in [1.82, 2.24) is 9.88 Å². The summed E-state index contributed by atoms with van der Waals surface area (Å²) < 4.78 is 29.2. The number of aromatic nitrogens is 1. The van der Waals surface area contributed by atoms with Crippen LogP contribution >= 0.6 is 0 Å². The van der Waals surface area contributed by atoms with E-state index in [4.69, 9.17) is 4.42 Å². The van der Waals surface area contributed by atoms with Gasteiger partial charge in [0.2, 0.25) is 5.91 Å². The van der Waals surface area contributed by atoms with Crippen LogP contribution in [-0.4, -0.2) is 36.4 Å². The molecular formula is C14H16N2O5S. The molecule has 1 aromatic carbocycles. The Morgan fingerprint density at radius 2 is 2.23 bits per heavy atom. The van der Waals surface area contributed by atoms with Crippen LogP contribution in [0, 0.1) is 0 Å². The molecule has 7 nitrogen and oxygen atoms in total. The number of amides is 1. The van der Waals surface area contributed by atoms with Gasteiger partial charge in [-0.25, -0.2) is 13.2 Å². The molecule has 0 bridgehead atoms. The first-order valence-corrected chi connectivity index (χ1v) is 8.74. The van der Waals surface area contributed by atoms with Gasteiger partial charge in [0.1, 0.15) is 0 Å². The highest BCUT2D eigenvalue weighted by atomic mass is 32.2. The standard InChI is InChI=1S/C14H16N2O5S/c1-16-11-6-9(2-3-12(11)21-14(16)18)7-13(17)15-10-4-5-22(19,20)8-10/h2-3,6,10H,4-5,7-8H2,1H3,(H,15,17). The molecule has 0 spiro atoms. The van der Waals surface area contributed by atoms with Crippen molar-refractivity contribution in [2.24, 2.45) is 7.05 Å². The number of hydrogen-bond donors (Lipinski definition) is 1. The fourth-order valence-electron chi connectivity index (χ4n) is 2.66. The van der Waals surface area contributed by atoms with Gasteiger partial charge in [-0.3, -0.25) is 9.36 Å². The van der Waals surface area contributed by atoms with E-state index in [0.717, 1.165) is 5.56 Å². The van der Waals surface area contributed by atoms with E-state index in [2.05, 4.69) is 5.32 Å². The fourth-order valence-corrected chi connectivity index (χ4v) is 4.33. The van der Waals surface area contributed by atoms with Crippen LogP contribution in [0.4, 0.5) is 0 Å². The molecule has 0 radical (unpaired) electrons. The van der Waals surface area contributed by atoms with E-state index in [1.807, 2.05) is 0 Å². The summed E-state index contributed by atoms with van der Waals surface area (Å²) in [7, 11) is -1.41. The fraction of sp³-hybridized carbons (Fsp3) is 0.429. The Bertz CT molecular complexity index is 894. The van der Waals surface area contributed by atoms with Crippen molar-refractivity contribution in [3.63, 3.8) is 0 Å². The van der Waals surface area contributed by atoms with Crippen molar-refractivity contribution in [3.05, 3.63) is 34.3 Å². The molecule has 1 aromatic heterocycles. The van der Waals surface area contributed by atoms with Gasteiger partial charge in [-0.05, 0) is 24.1 Å². The molecule has 1 saturated heterocycles. The summed E-state index contributed by atoms with van der Waals surface area (Å²) in [6.07, 6.45) is 0.592. The number of sulfone groups is 1. The van der Waals surface area contributed by atoms with Crippen LogP contribution in [0.5, 0.6) is 0 Å². The van der Waals surface area contributed by atoms with Crippen molar-refractivity contribution in [2.75, 3.05) is 11.5 Å². The lowest BCUT2D eigenvalue weighted by atomic mass is 10.1. The van der Waals surface area contributed by atoms with Gasteiger partial charge in [-0.2, -0.15) is 0 Å². The quantitative estimate of drug-likeness (QED) is 0.855. The number of fused-ring (bicyclic) bond motifs is 1. The first-order chi connectivity index (χ1) is 10.3. The van der Waals surface area contributed by atoms with Crippen LogP contribution in [-0.2, 0) is 28.1 Å². The van der Waals surface area contributed by atoms with Crippen molar-refractivity contribution < 1.29 is 17.6 Å². The topological polar surface area (TPSA) is 98.4 Å². The Morgan fingerprint density at radius 3 is 2.91 bits per heavy atom. The summed E-state index contributed by atoms with van der Waals surface area (Å²) in [5, 5.41) is 2.74. The summed E-state index contributed by atoms with van der Waals surface area (Å²) in [6, 6.07) is 4.79. The number of carbonyl (C=O) groups is 1. The number of oxazole rings is 1. The summed E-state index contributed by atoms with van der Waals surface area (Å²) in [5.41, 5.74) is 1.83. The molecule has 118 valence electrons. The molecule has 2 aromatic rings. The van der Waals surface area contributed by atoms with E-state index in [0.29, 0.717) is 17.5 Å². The monoisotopic (exact) mass is 324 g/mol. The van der Waals surface area contributed by atoms with Crippen molar-refractivity contribution in [2.45, 2.75) is 18.9 Å². The Kier molecular flexibility index (Phi) is 3.56. The van der Waals surface area contributed by atoms with Crippen LogP contribution in [0.15, 0.2) is 27.4 Å². The number of nitrogens with zero attached hydrogens (tertiary/aromatic N) is 1. The molecular weight excluding hydrogens is 308 g/mol. The maximum Gasteiger partial charge on any atom is 0.419 e. The van der Waals surface area contributed by atoms with Crippen LogP contribution in [0.2, 0.25) is 0 Å². The largest absolute Gasteiger partial charge is 0.419 e. The van der Waals surface area contributed by atoms with E-state index in [1.54, 1.807) is 25.2 Å². The van der Waals surface area contributed by atoms with E-state index in [9.17, 15) is 18.0 Å². The van der Waals surface area contributed by atoms with Crippen LogP contribution in [0.3, 0.4) is 0 Å². The minimum absolute atomic E-state index is 0.00794. The minimum atomic E-state index is -3.01. The van der Waals surface area contributed by atoms with E-state index >= 15 is 0 Å². The lowest BCUT2D eigenvalue weighted by Gasteiger charge is -2.10. The molecule has 2 heterocycles. The molecule has 1 atom stereocenters. The Morgan fingerprint density at radius 1 is 1.45 bits per heavy atom. The third-order valence-corrected chi connectivity index (χ3v) is 5.59.